The monoisotopic (exact) mass is 326 g/mol. The normalized spacial score (nSPS) is 13.0. The van der Waals surface area contributed by atoms with Gasteiger partial charge in [0.25, 0.3) is 0 Å². The lowest BCUT2D eigenvalue weighted by molar-refractivity contribution is 0.214. The number of methoxy groups -OCH3 is 1. The average molecular weight is 327 g/mol. The molecule has 0 aliphatic rings. The van der Waals surface area contributed by atoms with Crippen LogP contribution >= 0.6 is 11.6 Å². The van der Waals surface area contributed by atoms with Gasteiger partial charge in [0.1, 0.15) is 11.9 Å². The van der Waals surface area contributed by atoms with Crippen LogP contribution in [0.4, 0.5) is 0 Å². The Bertz CT molecular complexity index is 756. The van der Waals surface area contributed by atoms with E-state index in [0.717, 1.165) is 6.26 Å². The lowest BCUT2D eigenvalue weighted by Gasteiger charge is -2.16. The summed E-state index contributed by atoms with van der Waals surface area (Å²) in [5, 5.41) is 10.9. The summed E-state index contributed by atoms with van der Waals surface area (Å²) in [5.74, 6) is 0.483. The summed E-state index contributed by atoms with van der Waals surface area (Å²) in [4.78, 5) is 0.153. The number of sulfone groups is 1. The van der Waals surface area contributed by atoms with Gasteiger partial charge in [-0.3, -0.25) is 0 Å². The van der Waals surface area contributed by atoms with Crippen LogP contribution in [0.3, 0.4) is 0 Å². The zero-order valence-electron chi connectivity index (χ0n) is 11.6. The van der Waals surface area contributed by atoms with Crippen LogP contribution in [0.1, 0.15) is 17.2 Å². The van der Waals surface area contributed by atoms with Crippen LogP contribution in [-0.2, 0) is 9.84 Å². The van der Waals surface area contributed by atoms with E-state index in [2.05, 4.69) is 0 Å². The summed E-state index contributed by atoms with van der Waals surface area (Å²) in [5.41, 5.74) is 0.939. The predicted molar refractivity (Wildman–Crippen MR) is 81.6 cm³/mol. The zero-order valence-corrected chi connectivity index (χ0v) is 13.1. The highest BCUT2D eigenvalue weighted by Crippen LogP contribution is 2.32. The molecule has 112 valence electrons. The first-order valence-corrected chi connectivity index (χ1v) is 8.41. The largest absolute Gasteiger partial charge is 0.496 e. The maximum absolute atomic E-state index is 11.6. The Labute approximate surface area is 128 Å². The molecule has 4 nitrogen and oxygen atoms in total. The lowest BCUT2D eigenvalue weighted by atomic mass is 10.0. The van der Waals surface area contributed by atoms with E-state index in [-0.39, 0.29) is 4.90 Å². The van der Waals surface area contributed by atoms with Crippen molar-refractivity contribution in [3.05, 3.63) is 58.6 Å². The Morgan fingerprint density at radius 3 is 2.52 bits per heavy atom. The van der Waals surface area contributed by atoms with Crippen LogP contribution < -0.4 is 4.74 Å². The Morgan fingerprint density at radius 2 is 1.90 bits per heavy atom. The SMILES string of the molecule is COc1ccc(Cl)cc1C(O)c1cccc(S(C)(=O)=O)c1. The van der Waals surface area contributed by atoms with E-state index in [4.69, 9.17) is 16.3 Å². The molecule has 2 rings (SSSR count). The molecule has 2 aromatic carbocycles. The van der Waals surface area contributed by atoms with Crippen LogP contribution in [0.5, 0.6) is 5.75 Å². The standard InChI is InChI=1S/C15H15ClO4S/c1-20-14-7-6-11(16)9-13(14)15(17)10-4-3-5-12(8-10)21(2,18)19/h3-9,15,17H,1-2H3. The average Bonchev–Trinajstić information content (AvgIpc) is 2.45. The van der Waals surface area contributed by atoms with Crippen molar-refractivity contribution in [2.45, 2.75) is 11.0 Å². The van der Waals surface area contributed by atoms with E-state index in [1.54, 1.807) is 30.3 Å². The van der Waals surface area contributed by atoms with E-state index in [1.807, 2.05) is 0 Å². The summed E-state index contributed by atoms with van der Waals surface area (Å²) in [6, 6.07) is 11.1. The Hall–Kier alpha value is -1.56. The van der Waals surface area contributed by atoms with Crippen molar-refractivity contribution in [1.82, 2.24) is 0 Å². The number of hydrogen-bond acceptors (Lipinski definition) is 4. The highest BCUT2D eigenvalue weighted by molar-refractivity contribution is 7.90. The molecule has 0 radical (unpaired) electrons. The van der Waals surface area contributed by atoms with Gasteiger partial charge in [0.05, 0.1) is 12.0 Å². The van der Waals surface area contributed by atoms with Gasteiger partial charge in [-0.2, -0.15) is 0 Å². The van der Waals surface area contributed by atoms with Gasteiger partial charge in [0.2, 0.25) is 0 Å². The summed E-state index contributed by atoms with van der Waals surface area (Å²) >= 11 is 5.95. The molecular weight excluding hydrogens is 312 g/mol. The second-order valence-corrected chi connectivity index (χ2v) is 7.09. The first-order chi connectivity index (χ1) is 9.82. The number of halogens is 1. The molecule has 0 saturated carbocycles. The molecular formula is C15H15ClO4S. The van der Waals surface area contributed by atoms with Crippen LogP contribution in [0.25, 0.3) is 0 Å². The van der Waals surface area contributed by atoms with E-state index in [0.29, 0.717) is 21.9 Å². The number of benzene rings is 2. The highest BCUT2D eigenvalue weighted by atomic mass is 35.5. The number of aliphatic hydroxyl groups excluding tert-OH is 1. The summed E-state index contributed by atoms with van der Waals surface area (Å²) in [7, 11) is -1.84. The Balaban J connectivity index is 2.50. The first kappa shape index (κ1) is 15.8. The first-order valence-electron chi connectivity index (χ1n) is 6.14. The van der Waals surface area contributed by atoms with Gasteiger partial charge in [-0.1, -0.05) is 23.7 Å². The predicted octanol–water partition coefficient (Wildman–Crippen LogP) is 2.83. The maximum atomic E-state index is 11.6. The number of hydrogen-bond donors (Lipinski definition) is 1. The number of aliphatic hydroxyl groups is 1. The molecule has 0 aromatic heterocycles. The van der Waals surface area contributed by atoms with Crippen molar-refractivity contribution < 1.29 is 18.3 Å². The van der Waals surface area contributed by atoms with Gasteiger partial charge in [0.15, 0.2) is 9.84 Å². The van der Waals surface area contributed by atoms with Gasteiger partial charge < -0.3 is 9.84 Å². The molecule has 1 N–H and O–H groups in total. The smallest absolute Gasteiger partial charge is 0.175 e. The van der Waals surface area contributed by atoms with E-state index in [1.165, 1.54) is 19.2 Å². The second kappa shape index (κ2) is 6.05. The van der Waals surface area contributed by atoms with Crippen molar-refractivity contribution in [3.63, 3.8) is 0 Å². The minimum atomic E-state index is -3.33. The molecule has 0 spiro atoms. The third kappa shape index (κ3) is 3.56. The third-order valence-corrected chi connectivity index (χ3v) is 4.43. The molecule has 2 aromatic rings. The second-order valence-electron chi connectivity index (χ2n) is 4.63. The minimum Gasteiger partial charge on any atom is -0.496 e. The van der Waals surface area contributed by atoms with Crippen molar-refractivity contribution in [1.29, 1.82) is 0 Å². The van der Waals surface area contributed by atoms with Crippen molar-refractivity contribution >= 4 is 21.4 Å². The fraction of sp³-hybridized carbons (Fsp3) is 0.200. The molecule has 0 heterocycles. The van der Waals surface area contributed by atoms with Gasteiger partial charge in [-0.15, -0.1) is 0 Å². The van der Waals surface area contributed by atoms with Crippen molar-refractivity contribution in [2.75, 3.05) is 13.4 Å². The molecule has 0 aliphatic heterocycles. The quantitative estimate of drug-likeness (QED) is 0.938. The fourth-order valence-corrected chi connectivity index (χ4v) is 2.87. The minimum absolute atomic E-state index is 0.153. The van der Waals surface area contributed by atoms with Crippen LogP contribution in [0, 0.1) is 0 Å². The van der Waals surface area contributed by atoms with Gasteiger partial charge in [-0.25, -0.2) is 8.42 Å². The van der Waals surface area contributed by atoms with Gasteiger partial charge >= 0.3 is 0 Å². The topological polar surface area (TPSA) is 63.6 Å². The lowest BCUT2D eigenvalue weighted by Crippen LogP contribution is -2.04. The molecule has 1 unspecified atom stereocenters. The maximum Gasteiger partial charge on any atom is 0.175 e. The van der Waals surface area contributed by atoms with Gasteiger partial charge in [0, 0.05) is 16.8 Å². The number of rotatable bonds is 4. The molecule has 0 bridgehead atoms. The molecule has 0 amide bonds. The molecule has 0 aliphatic carbocycles. The van der Waals surface area contributed by atoms with E-state index >= 15 is 0 Å². The van der Waals surface area contributed by atoms with Gasteiger partial charge in [-0.05, 0) is 35.9 Å². The summed E-state index contributed by atoms with van der Waals surface area (Å²) in [6.45, 7) is 0. The number of ether oxygens (including phenoxy) is 1. The van der Waals surface area contributed by atoms with Crippen LogP contribution in [0.15, 0.2) is 47.4 Å². The Morgan fingerprint density at radius 1 is 1.19 bits per heavy atom. The van der Waals surface area contributed by atoms with Crippen molar-refractivity contribution in [2.24, 2.45) is 0 Å². The molecule has 21 heavy (non-hydrogen) atoms. The molecule has 0 saturated heterocycles. The van der Waals surface area contributed by atoms with Crippen molar-refractivity contribution in [3.8, 4) is 5.75 Å². The molecule has 1 atom stereocenters. The molecule has 6 heteroatoms. The summed E-state index contributed by atoms with van der Waals surface area (Å²) in [6.07, 6.45) is 0.0960. The third-order valence-electron chi connectivity index (χ3n) is 3.09. The molecule has 0 fully saturated rings. The fourth-order valence-electron chi connectivity index (χ4n) is 2.01. The highest BCUT2D eigenvalue weighted by Gasteiger charge is 2.18. The zero-order chi connectivity index (χ0) is 15.6. The van der Waals surface area contributed by atoms with Crippen LogP contribution in [0.2, 0.25) is 5.02 Å². The summed E-state index contributed by atoms with van der Waals surface area (Å²) < 4.78 is 28.4. The Kier molecular flexibility index (Phi) is 4.56. The van der Waals surface area contributed by atoms with E-state index in [9.17, 15) is 13.5 Å². The van der Waals surface area contributed by atoms with E-state index < -0.39 is 15.9 Å². The van der Waals surface area contributed by atoms with Crippen LogP contribution in [-0.4, -0.2) is 26.9 Å².